The Balaban J connectivity index is 1.89. The normalized spacial score (nSPS) is 20.4. The lowest BCUT2D eigenvalue weighted by Crippen LogP contribution is -2.33. The number of nitrogens with zero attached hydrogens (tertiary/aromatic N) is 2. The van der Waals surface area contributed by atoms with Crippen LogP contribution in [0.25, 0.3) is 0 Å². The molecule has 19 heavy (non-hydrogen) atoms. The number of rotatable bonds is 6. The minimum atomic E-state index is 0.560. The molecule has 0 amide bonds. The third-order valence-corrected chi connectivity index (χ3v) is 4.52. The Kier molecular flexibility index (Phi) is 5.44. The van der Waals surface area contributed by atoms with Crippen molar-refractivity contribution in [3.63, 3.8) is 0 Å². The third kappa shape index (κ3) is 4.07. The lowest BCUT2D eigenvalue weighted by atomic mass is 9.96. The average Bonchev–Trinajstić information content (AvgIpc) is 2.88. The second-order valence-electron chi connectivity index (χ2n) is 6.11. The molecule has 1 aliphatic rings. The maximum atomic E-state index is 4.81. The van der Waals surface area contributed by atoms with Crippen molar-refractivity contribution in [3.8, 4) is 0 Å². The summed E-state index contributed by atoms with van der Waals surface area (Å²) in [4.78, 5) is 0. The zero-order valence-corrected chi connectivity index (χ0v) is 12.7. The van der Waals surface area contributed by atoms with Gasteiger partial charge < -0.3 is 5.32 Å². The van der Waals surface area contributed by atoms with Crippen molar-refractivity contribution < 1.29 is 0 Å². The predicted octanol–water partition coefficient (Wildman–Crippen LogP) is 3.56. The fourth-order valence-electron chi connectivity index (χ4n) is 3.07. The van der Waals surface area contributed by atoms with Gasteiger partial charge in [-0.3, -0.25) is 4.68 Å². The van der Waals surface area contributed by atoms with Gasteiger partial charge in [-0.15, -0.1) is 0 Å². The highest BCUT2D eigenvalue weighted by Crippen LogP contribution is 2.27. The topological polar surface area (TPSA) is 29.9 Å². The second kappa shape index (κ2) is 7.09. The van der Waals surface area contributed by atoms with Gasteiger partial charge in [0, 0.05) is 12.2 Å². The number of nitrogens with one attached hydrogen (secondary N) is 1. The van der Waals surface area contributed by atoms with E-state index >= 15 is 0 Å². The minimum Gasteiger partial charge on any atom is -0.314 e. The van der Waals surface area contributed by atoms with E-state index in [2.05, 4.69) is 43.0 Å². The largest absolute Gasteiger partial charge is 0.314 e. The molecular weight excluding hydrogens is 234 g/mol. The summed E-state index contributed by atoms with van der Waals surface area (Å²) in [7, 11) is 0. The SMILES string of the molecule is CCNC(C)C(C)Cc1ccn(C2CCCCC2)n1. The van der Waals surface area contributed by atoms with Gasteiger partial charge in [0.05, 0.1) is 11.7 Å². The fraction of sp³-hybridized carbons (Fsp3) is 0.812. The van der Waals surface area contributed by atoms with Gasteiger partial charge in [0.15, 0.2) is 0 Å². The quantitative estimate of drug-likeness (QED) is 0.850. The van der Waals surface area contributed by atoms with Crippen LogP contribution in [-0.2, 0) is 6.42 Å². The molecule has 0 bridgehead atoms. The lowest BCUT2D eigenvalue weighted by molar-refractivity contribution is 0.326. The third-order valence-electron chi connectivity index (χ3n) is 4.52. The predicted molar refractivity (Wildman–Crippen MR) is 80.4 cm³/mol. The molecule has 0 spiro atoms. The molecule has 0 aliphatic heterocycles. The smallest absolute Gasteiger partial charge is 0.0627 e. The van der Waals surface area contributed by atoms with E-state index in [9.17, 15) is 0 Å². The molecule has 0 aromatic carbocycles. The maximum absolute atomic E-state index is 4.81. The first-order valence-electron chi connectivity index (χ1n) is 7.98. The Morgan fingerprint density at radius 2 is 2.05 bits per heavy atom. The van der Waals surface area contributed by atoms with Gasteiger partial charge in [0.25, 0.3) is 0 Å². The van der Waals surface area contributed by atoms with Crippen molar-refractivity contribution in [2.45, 2.75) is 71.4 Å². The van der Waals surface area contributed by atoms with Crippen molar-refractivity contribution in [2.24, 2.45) is 5.92 Å². The van der Waals surface area contributed by atoms with E-state index in [1.807, 2.05) is 0 Å². The van der Waals surface area contributed by atoms with Crippen LogP contribution >= 0.6 is 0 Å². The molecule has 0 saturated heterocycles. The van der Waals surface area contributed by atoms with Crippen LogP contribution in [-0.4, -0.2) is 22.4 Å². The summed E-state index contributed by atoms with van der Waals surface area (Å²) in [6.07, 6.45) is 10.0. The maximum Gasteiger partial charge on any atom is 0.0627 e. The summed E-state index contributed by atoms with van der Waals surface area (Å²) in [5, 5.41) is 8.31. The summed E-state index contributed by atoms with van der Waals surface area (Å²) in [5.41, 5.74) is 1.25. The molecule has 3 heteroatoms. The Morgan fingerprint density at radius 1 is 1.32 bits per heavy atom. The summed E-state index contributed by atoms with van der Waals surface area (Å²) < 4.78 is 2.22. The van der Waals surface area contributed by atoms with E-state index in [-0.39, 0.29) is 0 Å². The standard InChI is InChI=1S/C16H29N3/c1-4-17-14(3)13(2)12-15-10-11-19(18-15)16-8-6-5-7-9-16/h10-11,13-14,16-17H,4-9,12H2,1-3H3. The van der Waals surface area contributed by atoms with Gasteiger partial charge in [-0.1, -0.05) is 33.1 Å². The van der Waals surface area contributed by atoms with Crippen LogP contribution in [0.15, 0.2) is 12.3 Å². The molecule has 1 N–H and O–H groups in total. The Labute approximate surface area is 117 Å². The highest BCUT2D eigenvalue weighted by molar-refractivity contribution is 5.02. The Morgan fingerprint density at radius 3 is 2.74 bits per heavy atom. The molecule has 1 fully saturated rings. The van der Waals surface area contributed by atoms with Crippen LogP contribution in [0.5, 0.6) is 0 Å². The molecule has 2 atom stereocenters. The van der Waals surface area contributed by atoms with Crippen molar-refractivity contribution in [2.75, 3.05) is 6.54 Å². The van der Waals surface area contributed by atoms with E-state index in [0.717, 1.165) is 13.0 Å². The second-order valence-corrected chi connectivity index (χ2v) is 6.11. The van der Waals surface area contributed by atoms with Gasteiger partial charge >= 0.3 is 0 Å². The highest BCUT2D eigenvalue weighted by atomic mass is 15.3. The van der Waals surface area contributed by atoms with Crippen LogP contribution in [0.1, 0.15) is 64.6 Å². The van der Waals surface area contributed by atoms with E-state index < -0.39 is 0 Å². The number of hydrogen-bond acceptors (Lipinski definition) is 2. The van der Waals surface area contributed by atoms with Gasteiger partial charge in [-0.05, 0) is 44.7 Å². The van der Waals surface area contributed by atoms with E-state index in [4.69, 9.17) is 5.10 Å². The van der Waals surface area contributed by atoms with Crippen molar-refractivity contribution in [3.05, 3.63) is 18.0 Å². The zero-order valence-electron chi connectivity index (χ0n) is 12.7. The molecule has 2 rings (SSSR count). The van der Waals surface area contributed by atoms with Crippen molar-refractivity contribution >= 4 is 0 Å². The molecule has 1 saturated carbocycles. The first-order chi connectivity index (χ1) is 9.20. The van der Waals surface area contributed by atoms with Gasteiger partial charge in [-0.25, -0.2) is 0 Å². The average molecular weight is 263 g/mol. The fourth-order valence-corrected chi connectivity index (χ4v) is 3.07. The Bertz CT molecular complexity index is 366. The first-order valence-corrected chi connectivity index (χ1v) is 7.98. The molecule has 1 heterocycles. The molecule has 2 unspecified atom stereocenters. The van der Waals surface area contributed by atoms with Gasteiger partial charge in [0.2, 0.25) is 0 Å². The molecule has 0 radical (unpaired) electrons. The van der Waals surface area contributed by atoms with Crippen LogP contribution in [0.3, 0.4) is 0 Å². The number of hydrogen-bond donors (Lipinski definition) is 1. The zero-order chi connectivity index (χ0) is 13.7. The van der Waals surface area contributed by atoms with Gasteiger partial charge in [-0.2, -0.15) is 5.10 Å². The van der Waals surface area contributed by atoms with E-state index in [1.54, 1.807) is 0 Å². The minimum absolute atomic E-state index is 0.560. The highest BCUT2D eigenvalue weighted by Gasteiger charge is 2.17. The first kappa shape index (κ1) is 14.6. The Hall–Kier alpha value is -0.830. The summed E-state index contributed by atoms with van der Waals surface area (Å²) in [6, 6.07) is 3.43. The summed E-state index contributed by atoms with van der Waals surface area (Å²) in [6.45, 7) is 7.79. The van der Waals surface area contributed by atoms with Crippen LogP contribution in [0.4, 0.5) is 0 Å². The van der Waals surface area contributed by atoms with Crippen molar-refractivity contribution in [1.29, 1.82) is 0 Å². The monoisotopic (exact) mass is 263 g/mol. The molecule has 1 aromatic rings. The van der Waals surface area contributed by atoms with Crippen LogP contribution < -0.4 is 5.32 Å². The molecule has 1 aliphatic carbocycles. The summed E-state index contributed by atoms with van der Waals surface area (Å²) in [5.74, 6) is 0.634. The molecular formula is C16H29N3. The van der Waals surface area contributed by atoms with Crippen molar-refractivity contribution in [1.82, 2.24) is 15.1 Å². The van der Waals surface area contributed by atoms with Crippen LogP contribution in [0.2, 0.25) is 0 Å². The molecule has 3 nitrogen and oxygen atoms in total. The van der Waals surface area contributed by atoms with Gasteiger partial charge in [0.1, 0.15) is 0 Å². The lowest BCUT2D eigenvalue weighted by Gasteiger charge is -2.22. The van der Waals surface area contributed by atoms with E-state index in [0.29, 0.717) is 18.0 Å². The number of aromatic nitrogens is 2. The molecule has 1 aromatic heterocycles. The molecule has 108 valence electrons. The van der Waals surface area contributed by atoms with E-state index in [1.165, 1.54) is 37.8 Å². The van der Waals surface area contributed by atoms with Crippen LogP contribution in [0, 0.1) is 5.92 Å². The summed E-state index contributed by atoms with van der Waals surface area (Å²) >= 11 is 0.